The van der Waals surface area contributed by atoms with E-state index in [1.807, 2.05) is 0 Å². The molecule has 0 amide bonds. The first kappa shape index (κ1) is 9.36. The van der Waals surface area contributed by atoms with E-state index in [9.17, 15) is 18.4 Å². The first-order valence-electron chi connectivity index (χ1n) is 3.13. The highest BCUT2D eigenvalue weighted by Crippen LogP contribution is 1.99. The molecule has 0 aliphatic heterocycles. The molecule has 0 spiro atoms. The minimum absolute atomic E-state index is 0.680. The predicted molar refractivity (Wildman–Crippen MR) is 36.7 cm³/mol. The second-order valence-electron chi connectivity index (χ2n) is 2.07. The highest BCUT2D eigenvalue weighted by molar-refractivity contribution is 4.99. The Morgan fingerprint density at radius 1 is 1.54 bits per heavy atom. The molecule has 13 heavy (non-hydrogen) atoms. The van der Waals surface area contributed by atoms with Gasteiger partial charge in [0.2, 0.25) is 0 Å². The Kier molecular flexibility index (Phi) is 2.40. The summed E-state index contributed by atoms with van der Waals surface area (Å²) in [4.78, 5) is 23.2. The topological polar surface area (TPSA) is 77.0 Å². The molecule has 0 radical (unpaired) electrons. The summed E-state index contributed by atoms with van der Waals surface area (Å²) in [5.74, 6) is -0.836. The van der Waals surface area contributed by atoms with Crippen molar-refractivity contribution in [3.63, 3.8) is 0 Å². The van der Waals surface area contributed by atoms with Gasteiger partial charge in [-0.25, -0.2) is 9.48 Å². The van der Waals surface area contributed by atoms with Crippen LogP contribution in [0.2, 0.25) is 0 Å². The SMILES string of the molecule is Cn1nc(OC(F)F)c(=O)[nH]c1=O. The largest absolute Gasteiger partial charge is 0.411 e. The monoisotopic (exact) mass is 193 g/mol. The zero-order valence-corrected chi connectivity index (χ0v) is 6.45. The number of rotatable bonds is 2. The number of nitrogens with zero attached hydrogens (tertiary/aromatic N) is 2. The van der Waals surface area contributed by atoms with Gasteiger partial charge in [0.15, 0.2) is 0 Å². The molecule has 1 heterocycles. The molecule has 1 aromatic heterocycles. The number of hydrogen-bond donors (Lipinski definition) is 1. The van der Waals surface area contributed by atoms with Gasteiger partial charge >= 0.3 is 23.7 Å². The zero-order chi connectivity index (χ0) is 10.0. The van der Waals surface area contributed by atoms with E-state index in [4.69, 9.17) is 0 Å². The van der Waals surface area contributed by atoms with Crippen LogP contribution in [0.5, 0.6) is 5.88 Å². The van der Waals surface area contributed by atoms with Crippen molar-refractivity contribution in [3.8, 4) is 5.88 Å². The second kappa shape index (κ2) is 3.33. The van der Waals surface area contributed by atoms with Crippen LogP contribution >= 0.6 is 0 Å². The minimum atomic E-state index is -3.15. The molecule has 1 N–H and O–H groups in total. The van der Waals surface area contributed by atoms with E-state index in [2.05, 4.69) is 9.84 Å². The predicted octanol–water partition coefficient (Wildman–Crippen LogP) is -0.930. The molecule has 0 aromatic carbocycles. The molecular weight excluding hydrogens is 188 g/mol. The highest BCUT2D eigenvalue weighted by atomic mass is 19.3. The Balaban J connectivity index is 3.17. The number of aryl methyl sites for hydroxylation is 1. The second-order valence-corrected chi connectivity index (χ2v) is 2.07. The van der Waals surface area contributed by atoms with Gasteiger partial charge in [-0.2, -0.15) is 8.78 Å². The third-order valence-electron chi connectivity index (χ3n) is 1.15. The Hall–Kier alpha value is -1.73. The third-order valence-corrected chi connectivity index (χ3v) is 1.15. The van der Waals surface area contributed by atoms with Gasteiger partial charge in [-0.15, -0.1) is 5.10 Å². The quantitative estimate of drug-likeness (QED) is 0.658. The average molecular weight is 193 g/mol. The van der Waals surface area contributed by atoms with Crippen molar-refractivity contribution in [1.82, 2.24) is 14.8 Å². The molecule has 6 nitrogen and oxygen atoms in total. The lowest BCUT2D eigenvalue weighted by Crippen LogP contribution is -2.32. The number of aromatic nitrogens is 3. The van der Waals surface area contributed by atoms with Crippen molar-refractivity contribution in [1.29, 1.82) is 0 Å². The van der Waals surface area contributed by atoms with Gasteiger partial charge in [0.1, 0.15) is 0 Å². The summed E-state index contributed by atoms with van der Waals surface area (Å²) >= 11 is 0. The van der Waals surface area contributed by atoms with Crippen LogP contribution in [0.4, 0.5) is 8.78 Å². The highest BCUT2D eigenvalue weighted by Gasteiger charge is 2.11. The van der Waals surface area contributed by atoms with E-state index < -0.39 is 23.7 Å². The molecule has 0 aliphatic rings. The molecule has 1 aromatic rings. The van der Waals surface area contributed by atoms with Gasteiger partial charge < -0.3 is 4.74 Å². The van der Waals surface area contributed by atoms with Crippen molar-refractivity contribution < 1.29 is 13.5 Å². The fourth-order valence-electron chi connectivity index (χ4n) is 0.620. The van der Waals surface area contributed by atoms with Gasteiger partial charge in [-0.1, -0.05) is 0 Å². The summed E-state index contributed by atoms with van der Waals surface area (Å²) < 4.78 is 27.7. The fourth-order valence-corrected chi connectivity index (χ4v) is 0.620. The average Bonchev–Trinajstić information content (AvgIpc) is 1.99. The van der Waals surface area contributed by atoms with E-state index in [1.54, 1.807) is 4.98 Å². The zero-order valence-electron chi connectivity index (χ0n) is 6.45. The van der Waals surface area contributed by atoms with Crippen LogP contribution in [-0.4, -0.2) is 21.4 Å². The van der Waals surface area contributed by atoms with Crippen LogP contribution in [0.15, 0.2) is 9.59 Å². The number of ether oxygens (including phenoxy) is 1. The number of halogens is 2. The third kappa shape index (κ3) is 2.10. The number of aromatic amines is 1. The van der Waals surface area contributed by atoms with Gasteiger partial charge in [0, 0.05) is 7.05 Å². The molecule has 0 saturated carbocycles. The normalized spacial score (nSPS) is 10.5. The van der Waals surface area contributed by atoms with Gasteiger partial charge in [0.25, 0.3) is 0 Å². The van der Waals surface area contributed by atoms with Crippen LogP contribution in [0.25, 0.3) is 0 Å². The molecule has 72 valence electrons. The van der Waals surface area contributed by atoms with Crippen molar-refractivity contribution in [2.24, 2.45) is 7.05 Å². The van der Waals surface area contributed by atoms with Crippen LogP contribution < -0.4 is 16.0 Å². The van der Waals surface area contributed by atoms with Crippen LogP contribution in [-0.2, 0) is 7.05 Å². The summed E-state index contributed by atoms with van der Waals surface area (Å²) in [6.07, 6.45) is 0. The molecule has 0 unspecified atom stereocenters. The Morgan fingerprint density at radius 3 is 2.69 bits per heavy atom. The number of H-pyrrole nitrogens is 1. The maximum atomic E-state index is 11.6. The van der Waals surface area contributed by atoms with Gasteiger partial charge in [0.05, 0.1) is 0 Å². The standard InChI is InChI=1S/C5H5F2N3O3/c1-10-5(12)8-2(11)3(9-10)13-4(6)7/h4H,1H3,(H,8,11,12). The van der Waals surface area contributed by atoms with E-state index in [1.165, 1.54) is 7.05 Å². The van der Waals surface area contributed by atoms with E-state index in [-0.39, 0.29) is 0 Å². The summed E-state index contributed by atoms with van der Waals surface area (Å²) in [6, 6.07) is 0. The van der Waals surface area contributed by atoms with Gasteiger partial charge in [-0.3, -0.25) is 9.78 Å². The number of alkyl halides is 2. The Morgan fingerprint density at radius 2 is 2.15 bits per heavy atom. The Labute approximate surface area is 69.8 Å². The summed E-state index contributed by atoms with van der Waals surface area (Å²) in [6.45, 7) is -3.15. The molecule has 0 aliphatic carbocycles. The lowest BCUT2D eigenvalue weighted by atomic mass is 10.8. The van der Waals surface area contributed by atoms with E-state index >= 15 is 0 Å². The molecule has 0 bridgehead atoms. The Bertz CT molecular complexity index is 410. The summed E-state index contributed by atoms with van der Waals surface area (Å²) in [5, 5.41) is 3.17. The fraction of sp³-hybridized carbons (Fsp3) is 0.400. The maximum absolute atomic E-state index is 11.6. The van der Waals surface area contributed by atoms with Gasteiger partial charge in [-0.05, 0) is 0 Å². The minimum Gasteiger partial charge on any atom is -0.411 e. The van der Waals surface area contributed by atoms with Crippen LogP contribution in [0.1, 0.15) is 0 Å². The van der Waals surface area contributed by atoms with Crippen LogP contribution in [0.3, 0.4) is 0 Å². The number of nitrogens with one attached hydrogen (secondary N) is 1. The summed E-state index contributed by atoms with van der Waals surface area (Å²) in [5.41, 5.74) is -1.88. The smallest absolute Gasteiger partial charge is 0.388 e. The van der Waals surface area contributed by atoms with Crippen molar-refractivity contribution in [3.05, 3.63) is 20.8 Å². The van der Waals surface area contributed by atoms with Crippen molar-refractivity contribution in [2.45, 2.75) is 6.61 Å². The molecule has 8 heteroatoms. The maximum Gasteiger partial charge on any atom is 0.388 e. The number of hydrogen-bond acceptors (Lipinski definition) is 4. The lowest BCUT2D eigenvalue weighted by molar-refractivity contribution is -0.0551. The molecule has 0 saturated heterocycles. The molecule has 0 atom stereocenters. The molecule has 1 rings (SSSR count). The molecule has 0 fully saturated rings. The van der Waals surface area contributed by atoms with E-state index in [0.29, 0.717) is 4.68 Å². The first-order chi connectivity index (χ1) is 6.00. The van der Waals surface area contributed by atoms with Crippen molar-refractivity contribution in [2.75, 3.05) is 0 Å². The molecular formula is C5H5F2N3O3. The summed E-state index contributed by atoms with van der Waals surface area (Å²) in [7, 11) is 1.19. The van der Waals surface area contributed by atoms with Crippen LogP contribution in [0, 0.1) is 0 Å². The lowest BCUT2D eigenvalue weighted by Gasteiger charge is -2.01. The first-order valence-corrected chi connectivity index (χ1v) is 3.13. The van der Waals surface area contributed by atoms with E-state index in [0.717, 1.165) is 0 Å². The van der Waals surface area contributed by atoms with Crippen molar-refractivity contribution >= 4 is 0 Å².